The van der Waals surface area contributed by atoms with Gasteiger partial charge in [0.05, 0.1) is 16.4 Å². The van der Waals surface area contributed by atoms with Gasteiger partial charge in [-0.05, 0) is 45.8 Å². The van der Waals surface area contributed by atoms with Crippen LogP contribution >= 0.6 is 11.8 Å². The van der Waals surface area contributed by atoms with E-state index in [1.54, 1.807) is 24.3 Å². The largest absolute Gasteiger partial charge is 0.461 e. The lowest BCUT2D eigenvalue weighted by Crippen LogP contribution is -2.29. The van der Waals surface area contributed by atoms with Gasteiger partial charge in [-0.15, -0.1) is 11.8 Å². The van der Waals surface area contributed by atoms with E-state index in [1.807, 2.05) is 60.7 Å². The summed E-state index contributed by atoms with van der Waals surface area (Å²) in [6.07, 6.45) is -0.260. The number of rotatable bonds is 6. The highest BCUT2D eigenvalue weighted by Crippen LogP contribution is 2.37. The van der Waals surface area contributed by atoms with Crippen LogP contribution in [0, 0.1) is 0 Å². The molecular weight excluding hydrogens is 476 g/mol. The van der Waals surface area contributed by atoms with Crippen molar-refractivity contribution in [2.45, 2.75) is 30.1 Å². The van der Waals surface area contributed by atoms with Crippen LogP contribution in [-0.4, -0.2) is 41.3 Å². The zero-order chi connectivity index (χ0) is 25.1. The number of esters is 3. The standard InChI is InChI=1S/C29H24O6S/c1-18(30)34-27-16-25(35-29(32)24-13-11-20-7-3-5-9-22(20)15-24)26(36-27)17-33-28(31)23-12-10-19-6-2-4-8-21(19)14-23/h2-15,25-27H,16-17H2,1H3/t25-,26-,27?/m0/s1. The van der Waals surface area contributed by atoms with E-state index in [0.29, 0.717) is 17.5 Å². The monoisotopic (exact) mass is 500 g/mol. The molecule has 0 N–H and O–H groups in total. The SMILES string of the molecule is CC(=O)OC1C[C@H](OC(=O)c2ccc3ccccc3c2)[C@H](COC(=O)c2ccc3ccccc3c2)S1. The van der Waals surface area contributed by atoms with Crippen LogP contribution in [0.3, 0.4) is 0 Å². The Morgan fingerprint density at radius 3 is 1.89 bits per heavy atom. The number of hydrogen-bond donors (Lipinski definition) is 0. The zero-order valence-electron chi connectivity index (χ0n) is 19.6. The van der Waals surface area contributed by atoms with E-state index >= 15 is 0 Å². The van der Waals surface area contributed by atoms with Crippen molar-refractivity contribution in [2.24, 2.45) is 0 Å². The Hall–Kier alpha value is -3.84. The van der Waals surface area contributed by atoms with E-state index in [-0.39, 0.29) is 11.9 Å². The molecule has 1 aliphatic rings. The maximum absolute atomic E-state index is 13.0. The highest BCUT2D eigenvalue weighted by Gasteiger charge is 2.40. The van der Waals surface area contributed by atoms with E-state index in [0.717, 1.165) is 21.5 Å². The molecule has 182 valence electrons. The van der Waals surface area contributed by atoms with Crippen molar-refractivity contribution in [1.82, 2.24) is 0 Å². The van der Waals surface area contributed by atoms with Gasteiger partial charge in [0.25, 0.3) is 0 Å². The molecule has 7 heteroatoms. The predicted octanol–water partition coefficient (Wildman–Crippen LogP) is 5.77. The quantitative estimate of drug-likeness (QED) is 0.246. The predicted molar refractivity (Wildman–Crippen MR) is 139 cm³/mol. The summed E-state index contributed by atoms with van der Waals surface area (Å²) >= 11 is 1.33. The molecule has 1 heterocycles. The number of benzene rings is 4. The molecule has 4 aromatic carbocycles. The normalized spacial score (nSPS) is 19.2. The minimum Gasteiger partial charge on any atom is -0.461 e. The fraction of sp³-hybridized carbons (Fsp3) is 0.207. The van der Waals surface area contributed by atoms with Gasteiger partial charge >= 0.3 is 17.9 Å². The topological polar surface area (TPSA) is 78.9 Å². The number of ether oxygens (including phenoxy) is 3. The molecule has 1 fully saturated rings. The maximum atomic E-state index is 13.0. The third kappa shape index (κ3) is 5.36. The van der Waals surface area contributed by atoms with Gasteiger partial charge in [0.15, 0.2) is 5.44 Å². The van der Waals surface area contributed by atoms with Crippen LogP contribution < -0.4 is 0 Å². The van der Waals surface area contributed by atoms with E-state index in [9.17, 15) is 14.4 Å². The summed E-state index contributed by atoms with van der Waals surface area (Å²) in [5.74, 6) is -1.35. The number of carbonyl (C=O) groups excluding carboxylic acids is 3. The molecule has 1 aliphatic heterocycles. The Labute approximate surface area is 212 Å². The molecule has 1 saturated heterocycles. The van der Waals surface area contributed by atoms with Crippen molar-refractivity contribution >= 4 is 51.2 Å². The summed E-state index contributed by atoms with van der Waals surface area (Å²) < 4.78 is 16.8. The highest BCUT2D eigenvalue weighted by atomic mass is 32.2. The maximum Gasteiger partial charge on any atom is 0.338 e. The van der Waals surface area contributed by atoms with Gasteiger partial charge in [-0.3, -0.25) is 4.79 Å². The number of carbonyl (C=O) groups is 3. The fourth-order valence-electron chi connectivity index (χ4n) is 4.29. The van der Waals surface area contributed by atoms with Gasteiger partial charge in [-0.25, -0.2) is 9.59 Å². The molecule has 5 rings (SSSR count). The van der Waals surface area contributed by atoms with Crippen LogP contribution in [-0.2, 0) is 19.0 Å². The Morgan fingerprint density at radius 2 is 1.31 bits per heavy atom. The van der Waals surface area contributed by atoms with Crippen LogP contribution in [0.5, 0.6) is 0 Å². The molecule has 0 aromatic heterocycles. The summed E-state index contributed by atoms with van der Waals surface area (Å²) in [4.78, 5) is 37.2. The van der Waals surface area contributed by atoms with Crippen LogP contribution in [0.1, 0.15) is 34.1 Å². The summed E-state index contributed by atoms with van der Waals surface area (Å²) in [6, 6.07) is 26.3. The minimum absolute atomic E-state index is 0.0176. The first-order valence-corrected chi connectivity index (χ1v) is 12.6. The second-order valence-corrected chi connectivity index (χ2v) is 10.0. The van der Waals surface area contributed by atoms with Crippen molar-refractivity contribution in [3.8, 4) is 0 Å². The summed E-state index contributed by atoms with van der Waals surface area (Å²) in [5.41, 5.74) is 0.390. The Morgan fingerprint density at radius 1 is 0.750 bits per heavy atom. The Kier molecular flexibility index (Phi) is 6.91. The van der Waals surface area contributed by atoms with Crippen LogP contribution in [0.2, 0.25) is 0 Å². The molecule has 36 heavy (non-hydrogen) atoms. The summed E-state index contributed by atoms with van der Waals surface area (Å²) in [7, 11) is 0. The molecule has 0 bridgehead atoms. The average molecular weight is 501 g/mol. The fourth-order valence-corrected chi connectivity index (χ4v) is 5.66. The molecular formula is C29H24O6S. The van der Waals surface area contributed by atoms with Crippen molar-refractivity contribution in [2.75, 3.05) is 6.61 Å². The third-order valence-corrected chi connectivity index (χ3v) is 7.45. The first kappa shape index (κ1) is 23.9. The molecule has 0 aliphatic carbocycles. The molecule has 0 radical (unpaired) electrons. The van der Waals surface area contributed by atoms with Gasteiger partial charge in [0, 0.05) is 13.3 Å². The zero-order valence-corrected chi connectivity index (χ0v) is 20.4. The van der Waals surface area contributed by atoms with Gasteiger partial charge in [0.1, 0.15) is 12.7 Å². The minimum atomic E-state index is -0.581. The van der Waals surface area contributed by atoms with Gasteiger partial charge in [0.2, 0.25) is 0 Å². The summed E-state index contributed by atoms with van der Waals surface area (Å²) in [5, 5.41) is 3.57. The van der Waals surface area contributed by atoms with Crippen molar-refractivity contribution in [3.05, 3.63) is 96.1 Å². The molecule has 6 nitrogen and oxygen atoms in total. The van der Waals surface area contributed by atoms with E-state index in [2.05, 4.69) is 0 Å². The molecule has 0 amide bonds. The number of hydrogen-bond acceptors (Lipinski definition) is 7. The first-order chi connectivity index (χ1) is 17.5. The van der Waals surface area contributed by atoms with Crippen LogP contribution in [0.15, 0.2) is 84.9 Å². The van der Waals surface area contributed by atoms with Crippen molar-refractivity contribution in [3.63, 3.8) is 0 Å². The van der Waals surface area contributed by atoms with E-state index in [1.165, 1.54) is 18.7 Å². The number of thioether (sulfide) groups is 1. The molecule has 0 saturated carbocycles. The molecule has 1 unspecified atom stereocenters. The average Bonchev–Trinajstić information content (AvgIpc) is 3.26. The van der Waals surface area contributed by atoms with Crippen molar-refractivity contribution < 1.29 is 28.6 Å². The molecule has 4 aromatic rings. The van der Waals surface area contributed by atoms with Crippen molar-refractivity contribution in [1.29, 1.82) is 0 Å². The van der Waals surface area contributed by atoms with E-state index in [4.69, 9.17) is 14.2 Å². The van der Waals surface area contributed by atoms with Crippen LogP contribution in [0.4, 0.5) is 0 Å². The lowest BCUT2D eigenvalue weighted by Gasteiger charge is -2.19. The lowest BCUT2D eigenvalue weighted by molar-refractivity contribution is -0.142. The van der Waals surface area contributed by atoms with Gasteiger partial charge < -0.3 is 14.2 Å². The third-order valence-electron chi connectivity index (χ3n) is 6.07. The lowest BCUT2D eigenvalue weighted by atomic mass is 10.1. The Balaban J connectivity index is 1.28. The molecule has 3 atom stereocenters. The smallest absolute Gasteiger partial charge is 0.338 e. The second-order valence-electron chi connectivity index (χ2n) is 8.62. The second kappa shape index (κ2) is 10.4. The Bertz CT molecular complexity index is 1450. The van der Waals surface area contributed by atoms with E-state index < -0.39 is 29.4 Å². The van der Waals surface area contributed by atoms with Crippen LogP contribution in [0.25, 0.3) is 21.5 Å². The highest BCUT2D eigenvalue weighted by molar-refractivity contribution is 8.00. The van der Waals surface area contributed by atoms with Gasteiger partial charge in [-0.2, -0.15) is 0 Å². The summed E-state index contributed by atoms with van der Waals surface area (Å²) in [6.45, 7) is 1.35. The van der Waals surface area contributed by atoms with Gasteiger partial charge in [-0.1, -0.05) is 60.7 Å². The number of fused-ring (bicyclic) bond motifs is 2. The molecule has 0 spiro atoms. The first-order valence-electron chi connectivity index (χ1n) is 11.6.